The lowest BCUT2D eigenvalue weighted by molar-refractivity contribution is 1.16. The molecule has 6 heterocycles. The summed E-state index contributed by atoms with van der Waals surface area (Å²) in [6.45, 7) is 0. The molecule has 0 saturated carbocycles. The zero-order valence-corrected chi connectivity index (χ0v) is 61.2. The van der Waals surface area contributed by atoms with Gasteiger partial charge in [-0.3, -0.25) is 0 Å². The topological polar surface area (TPSA) is 74.5 Å². The molecule has 6 aromatic heterocycles. The predicted octanol–water partition coefficient (Wildman–Crippen LogP) is 26.8. The summed E-state index contributed by atoms with van der Waals surface area (Å²) in [6.07, 6.45) is 0. The van der Waals surface area contributed by atoms with Crippen LogP contribution in [0.3, 0.4) is 0 Å². The molecule has 0 aliphatic carbocycles. The molecule has 0 N–H and O–H groups in total. The minimum atomic E-state index is 0.686. The number of rotatable bonds is 14. The average molecular weight is 1440 g/mol. The number of aromatic nitrogens is 8. The third kappa shape index (κ3) is 11.2. The van der Waals surface area contributed by atoms with Crippen LogP contribution in [0.5, 0.6) is 0 Å². The number of hydrogen-bond donors (Lipinski definition) is 0. The monoisotopic (exact) mass is 1440 g/mol. The minimum Gasteiger partial charge on any atom is -0.310 e. The Bertz CT molecular complexity index is 7280. The largest absolute Gasteiger partial charge is 0.310 e. The van der Waals surface area contributed by atoms with E-state index in [4.69, 9.17) is 19.9 Å². The van der Waals surface area contributed by atoms with Crippen molar-refractivity contribution in [1.82, 2.24) is 38.2 Å². The van der Waals surface area contributed by atoms with Crippen molar-refractivity contribution in [2.24, 2.45) is 0 Å². The molecule has 0 fully saturated rings. The van der Waals surface area contributed by atoms with E-state index in [1.165, 1.54) is 32.3 Å². The lowest BCUT2D eigenvalue weighted by atomic mass is 10.0. The summed E-state index contributed by atoms with van der Waals surface area (Å²) < 4.78 is 9.73. The first kappa shape index (κ1) is 64.8. The lowest BCUT2D eigenvalue weighted by Gasteiger charge is -2.25. The van der Waals surface area contributed by atoms with Crippen LogP contribution in [0.4, 0.5) is 17.1 Å². The Labute approximate surface area is 651 Å². The van der Waals surface area contributed by atoms with E-state index in [-0.39, 0.29) is 0 Å². The van der Waals surface area contributed by atoms with Crippen LogP contribution in [0.25, 0.3) is 189 Å². The van der Waals surface area contributed by atoms with Crippen molar-refractivity contribution in [3.63, 3.8) is 0 Å². The first-order chi connectivity index (χ1) is 56.0. The quantitative estimate of drug-likeness (QED) is 0.108. The molecule has 0 saturated heterocycles. The van der Waals surface area contributed by atoms with Crippen LogP contribution < -0.4 is 4.90 Å². The molecular formula is C104H67N9. The molecule has 9 heteroatoms. The Kier molecular flexibility index (Phi) is 15.4. The summed E-state index contributed by atoms with van der Waals surface area (Å²) >= 11 is 0. The molecule has 0 spiro atoms. The maximum atomic E-state index is 5.21. The standard InChI is InChI=1S/C104H67N9/c1-7-25-68(26-8-1)91-66-93(107-103(105-91)72-29-11-3-12-30-72)70-43-49-78(50-44-70)110-96-41-23-21-39-85(96)88-64-82(55-59-99(88)110)113-95-40-22-19-37-83(95)86-56-47-75(62-102(86)113)74-48-57-98-87(61-74)84-38-20-24-42-97(84)112(98)81-54-60-101-90(65-81)89-63-80(109(76-33-15-5-16-34-76)77-35-17-6-18-36-77)53-58-100(89)111(101)79-51-45-71(46-52-79)94-67-92(69-27-9-2-10-28-69)106-104(108-94)73-31-13-4-14-32-73/h1-67H. The predicted molar refractivity (Wildman–Crippen MR) is 468 cm³/mol. The van der Waals surface area contributed by atoms with E-state index >= 15 is 0 Å². The maximum absolute atomic E-state index is 5.21. The molecular weight excluding hydrogens is 1380 g/mol. The van der Waals surface area contributed by atoms with Gasteiger partial charge in [0.25, 0.3) is 0 Å². The maximum Gasteiger partial charge on any atom is 0.160 e. The van der Waals surface area contributed by atoms with Gasteiger partial charge in [-0.1, -0.05) is 255 Å². The Morgan fingerprint density at radius 3 is 0.894 bits per heavy atom. The summed E-state index contributed by atoms with van der Waals surface area (Å²) in [4.78, 5) is 22.9. The molecule has 0 aliphatic rings. The van der Waals surface area contributed by atoms with Gasteiger partial charge in [0.15, 0.2) is 11.6 Å². The van der Waals surface area contributed by atoms with Crippen molar-refractivity contribution in [1.29, 1.82) is 0 Å². The Morgan fingerprint density at radius 1 is 0.159 bits per heavy atom. The van der Waals surface area contributed by atoms with Gasteiger partial charge in [0.1, 0.15) is 0 Å². The number of benzene rings is 16. The molecule has 16 aromatic carbocycles. The van der Waals surface area contributed by atoms with E-state index in [0.717, 1.165) is 162 Å². The van der Waals surface area contributed by atoms with Gasteiger partial charge in [-0.25, -0.2) is 19.9 Å². The van der Waals surface area contributed by atoms with Crippen LogP contribution in [-0.2, 0) is 0 Å². The van der Waals surface area contributed by atoms with Crippen molar-refractivity contribution >= 4 is 104 Å². The first-order valence-corrected chi connectivity index (χ1v) is 38.3. The van der Waals surface area contributed by atoms with E-state index in [1.807, 2.05) is 48.5 Å². The molecule has 113 heavy (non-hydrogen) atoms. The fraction of sp³-hybridized carbons (Fsp3) is 0. The minimum absolute atomic E-state index is 0.686. The van der Waals surface area contributed by atoms with E-state index < -0.39 is 0 Å². The Hall–Kier alpha value is -15.3. The third-order valence-corrected chi connectivity index (χ3v) is 22.4. The van der Waals surface area contributed by atoms with Gasteiger partial charge < -0.3 is 23.2 Å². The van der Waals surface area contributed by atoms with Gasteiger partial charge in [-0.2, -0.15) is 0 Å². The fourth-order valence-electron chi connectivity index (χ4n) is 17.1. The fourth-order valence-corrected chi connectivity index (χ4v) is 17.1. The van der Waals surface area contributed by atoms with E-state index in [1.54, 1.807) is 0 Å². The van der Waals surface area contributed by atoms with E-state index in [9.17, 15) is 0 Å². The second-order valence-corrected chi connectivity index (χ2v) is 28.9. The number of anilines is 3. The highest BCUT2D eigenvalue weighted by molar-refractivity contribution is 6.16. The highest BCUT2D eigenvalue weighted by Crippen LogP contribution is 2.45. The van der Waals surface area contributed by atoms with Crippen LogP contribution in [0.2, 0.25) is 0 Å². The molecule has 0 atom stereocenters. The van der Waals surface area contributed by atoms with Crippen molar-refractivity contribution in [2.45, 2.75) is 0 Å². The normalized spacial score (nSPS) is 11.7. The van der Waals surface area contributed by atoms with Crippen LogP contribution in [0.1, 0.15) is 0 Å². The summed E-state index contributed by atoms with van der Waals surface area (Å²) in [5.74, 6) is 1.38. The van der Waals surface area contributed by atoms with Crippen molar-refractivity contribution < 1.29 is 0 Å². The SMILES string of the molecule is c1ccc(-c2cc(-c3ccc(-n4c5ccccc5c5cc(-n6c7ccccc7c7ccc(-c8ccc9c(c8)c8ccccc8n9-c8ccc9c(c8)c8cc(N(c%10ccccc%10)c%10ccccc%10)ccc8n9-c8ccc(-c9cc(-c%10ccccc%10)nc(-c%10ccccc%10)n9)cc8)cc76)ccc54)cc3)nc(-c3ccccc3)n2)cc1. The highest BCUT2D eigenvalue weighted by atomic mass is 15.1. The lowest BCUT2D eigenvalue weighted by Crippen LogP contribution is -2.09. The molecule has 22 aromatic rings. The second kappa shape index (κ2) is 26.8. The zero-order valence-electron chi connectivity index (χ0n) is 61.2. The highest BCUT2D eigenvalue weighted by Gasteiger charge is 2.24. The van der Waals surface area contributed by atoms with Gasteiger partial charge in [-0.05, 0) is 163 Å². The van der Waals surface area contributed by atoms with Crippen LogP contribution in [0.15, 0.2) is 406 Å². The molecule has 9 nitrogen and oxygen atoms in total. The second-order valence-electron chi connectivity index (χ2n) is 28.9. The van der Waals surface area contributed by atoms with Crippen molar-refractivity contribution in [2.75, 3.05) is 4.90 Å². The molecule has 0 bridgehead atoms. The summed E-state index contributed by atoms with van der Waals surface area (Å²) in [5, 5.41) is 9.41. The number of fused-ring (bicyclic) bond motifs is 12. The molecule has 0 radical (unpaired) electrons. The number of nitrogens with zero attached hydrogens (tertiary/aromatic N) is 9. The van der Waals surface area contributed by atoms with Crippen LogP contribution in [0, 0.1) is 0 Å². The van der Waals surface area contributed by atoms with E-state index in [2.05, 4.69) is 381 Å². The molecule has 22 rings (SSSR count). The zero-order chi connectivity index (χ0) is 74.5. The molecule has 0 unspecified atom stereocenters. The number of para-hydroxylation sites is 5. The van der Waals surface area contributed by atoms with Gasteiger partial charge in [0, 0.05) is 116 Å². The third-order valence-electron chi connectivity index (χ3n) is 22.4. The smallest absolute Gasteiger partial charge is 0.160 e. The van der Waals surface area contributed by atoms with Gasteiger partial charge >= 0.3 is 0 Å². The van der Waals surface area contributed by atoms with Gasteiger partial charge in [-0.15, -0.1) is 0 Å². The summed E-state index contributed by atoms with van der Waals surface area (Å²) in [7, 11) is 0. The van der Waals surface area contributed by atoms with E-state index in [0.29, 0.717) is 11.6 Å². The summed E-state index contributed by atoms with van der Waals surface area (Å²) in [6, 6.07) is 146. The van der Waals surface area contributed by atoms with Crippen molar-refractivity contribution in [3.8, 4) is 102 Å². The molecule has 0 aliphatic heterocycles. The summed E-state index contributed by atoms with van der Waals surface area (Å²) in [5.41, 5.74) is 28.3. The van der Waals surface area contributed by atoms with Crippen LogP contribution >= 0.6 is 0 Å². The van der Waals surface area contributed by atoms with Crippen LogP contribution in [-0.4, -0.2) is 38.2 Å². The first-order valence-electron chi connectivity index (χ1n) is 38.3. The Balaban J connectivity index is 0.647. The van der Waals surface area contributed by atoms with Gasteiger partial charge in [0.2, 0.25) is 0 Å². The Morgan fingerprint density at radius 2 is 0.442 bits per heavy atom. The average Bonchev–Trinajstić information content (AvgIpc) is 1.57. The molecule has 528 valence electrons. The van der Waals surface area contributed by atoms with Gasteiger partial charge in [0.05, 0.1) is 66.9 Å². The molecule has 0 amide bonds. The van der Waals surface area contributed by atoms with Crippen molar-refractivity contribution in [3.05, 3.63) is 406 Å². The number of hydrogen-bond acceptors (Lipinski definition) is 5.